The molecule has 1 aromatic carbocycles. The van der Waals surface area contributed by atoms with Gasteiger partial charge in [0.2, 0.25) is 5.75 Å². The molecule has 0 spiro atoms. The molecule has 3 rings (SSSR count). The number of rotatable bonds is 6. The minimum Gasteiger partial charge on any atom is -0.493 e. The smallest absolute Gasteiger partial charge is 0.272 e. The summed E-state index contributed by atoms with van der Waals surface area (Å²) in [4.78, 5) is 23.4. The number of amides is 1. The number of carbonyl (C=O) groups excluding carboxylic acids is 1. The minimum atomic E-state index is -0.0573. The van der Waals surface area contributed by atoms with Crippen molar-refractivity contribution >= 4 is 17.4 Å². The standard InChI is InChI=1S/C20H26N4O4/c1-13-21-15(20(25)24-8-6-5-7-9-24)12-18(22-13)23-14-10-16(26-2)19(28-4)17(11-14)27-3/h10-12H,5-9H2,1-4H3,(H,21,22,23). The topological polar surface area (TPSA) is 85.8 Å². The molecule has 0 aliphatic carbocycles. The Balaban J connectivity index is 1.88. The van der Waals surface area contributed by atoms with Gasteiger partial charge < -0.3 is 24.4 Å². The summed E-state index contributed by atoms with van der Waals surface area (Å²) in [6.07, 6.45) is 3.24. The summed E-state index contributed by atoms with van der Waals surface area (Å²) in [5, 5.41) is 3.21. The number of likely N-dealkylation sites (tertiary alicyclic amines) is 1. The number of aryl methyl sites for hydroxylation is 1. The van der Waals surface area contributed by atoms with Crippen molar-refractivity contribution < 1.29 is 19.0 Å². The van der Waals surface area contributed by atoms with E-state index in [1.807, 2.05) is 4.90 Å². The molecule has 0 radical (unpaired) electrons. The van der Waals surface area contributed by atoms with E-state index in [1.165, 1.54) is 6.42 Å². The summed E-state index contributed by atoms with van der Waals surface area (Å²) < 4.78 is 16.1. The fraction of sp³-hybridized carbons (Fsp3) is 0.450. The molecule has 1 saturated heterocycles. The van der Waals surface area contributed by atoms with E-state index in [0.717, 1.165) is 25.9 Å². The predicted molar refractivity (Wildman–Crippen MR) is 106 cm³/mol. The van der Waals surface area contributed by atoms with E-state index in [9.17, 15) is 4.79 Å². The molecule has 1 fully saturated rings. The molecule has 2 aromatic rings. The van der Waals surface area contributed by atoms with Crippen molar-refractivity contribution in [1.82, 2.24) is 14.9 Å². The van der Waals surface area contributed by atoms with Crippen LogP contribution in [0, 0.1) is 6.92 Å². The van der Waals surface area contributed by atoms with Crippen LogP contribution in [0.5, 0.6) is 17.2 Å². The molecule has 1 aliphatic heterocycles. The lowest BCUT2D eigenvalue weighted by Crippen LogP contribution is -2.36. The number of hydrogen-bond donors (Lipinski definition) is 1. The fourth-order valence-electron chi connectivity index (χ4n) is 3.30. The number of hydrogen-bond acceptors (Lipinski definition) is 7. The van der Waals surface area contributed by atoms with Crippen LogP contribution < -0.4 is 19.5 Å². The van der Waals surface area contributed by atoms with Crippen LogP contribution in [0.1, 0.15) is 35.6 Å². The second-order valence-electron chi connectivity index (χ2n) is 6.58. The number of nitrogens with one attached hydrogen (secondary N) is 1. The van der Waals surface area contributed by atoms with Crippen molar-refractivity contribution in [3.05, 3.63) is 29.7 Å². The summed E-state index contributed by atoms with van der Waals surface area (Å²) in [5.74, 6) is 2.56. The SMILES string of the molecule is COc1cc(Nc2cc(C(=O)N3CCCCC3)nc(C)n2)cc(OC)c1OC. The van der Waals surface area contributed by atoms with Crippen molar-refractivity contribution in [3.63, 3.8) is 0 Å². The number of benzene rings is 1. The normalized spacial score (nSPS) is 13.8. The van der Waals surface area contributed by atoms with Crippen LogP contribution in [0.2, 0.25) is 0 Å². The number of nitrogens with zero attached hydrogens (tertiary/aromatic N) is 3. The van der Waals surface area contributed by atoms with Gasteiger partial charge in [-0.1, -0.05) is 0 Å². The van der Waals surface area contributed by atoms with Gasteiger partial charge in [0.05, 0.1) is 21.3 Å². The quantitative estimate of drug-likeness (QED) is 0.816. The Labute approximate surface area is 164 Å². The van der Waals surface area contributed by atoms with E-state index < -0.39 is 0 Å². The number of ether oxygens (including phenoxy) is 3. The first-order chi connectivity index (χ1) is 13.5. The molecule has 1 N–H and O–H groups in total. The van der Waals surface area contributed by atoms with E-state index in [2.05, 4.69) is 15.3 Å². The van der Waals surface area contributed by atoms with Gasteiger partial charge in [-0.2, -0.15) is 0 Å². The highest BCUT2D eigenvalue weighted by molar-refractivity contribution is 5.93. The summed E-state index contributed by atoms with van der Waals surface area (Å²) in [5.41, 5.74) is 1.09. The molecule has 0 saturated carbocycles. The third-order valence-corrected chi connectivity index (χ3v) is 4.64. The summed E-state index contributed by atoms with van der Waals surface area (Å²) in [6.45, 7) is 3.32. The first-order valence-electron chi connectivity index (χ1n) is 9.27. The Hall–Kier alpha value is -3.03. The van der Waals surface area contributed by atoms with Crippen molar-refractivity contribution in [1.29, 1.82) is 0 Å². The fourth-order valence-corrected chi connectivity index (χ4v) is 3.30. The highest BCUT2D eigenvalue weighted by atomic mass is 16.5. The maximum atomic E-state index is 12.8. The second kappa shape index (κ2) is 8.77. The molecule has 0 bridgehead atoms. The van der Waals surface area contributed by atoms with Crippen LogP contribution >= 0.6 is 0 Å². The third-order valence-electron chi connectivity index (χ3n) is 4.64. The lowest BCUT2D eigenvalue weighted by atomic mass is 10.1. The number of anilines is 2. The van der Waals surface area contributed by atoms with Crippen LogP contribution in [0.4, 0.5) is 11.5 Å². The molecule has 0 unspecified atom stereocenters. The first kappa shape index (κ1) is 19.7. The molecule has 28 heavy (non-hydrogen) atoms. The Morgan fingerprint density at radius 3 is 2.18 bits per heavy atom. The van der Waals surface area contributed by atoms with Crippen molar-refractivity contribution in [2.24, 2.45) is 0 Å². The summed E-state index contributed by atoms with van der Waals surface area (Å²) in [7, 11) is 4.68. The largest absolute Gasteiger partial charge is 0.493 e. The van der Waals surface area contributed by atoms with Gasteiger partial charge in [-0.05, 0) is 26.2 Å². The number of carbonyl (C=O) groups is 1. The van der Waals surface area contributed by atoms with Crippen LogP contribution in [0.3, 0.4) is 0 Å². The average molecular weight is 386 g/mol. The monoisotopic (exact) mass is 386 g/mol. The third kappa shape index (κ3) is 4.27. The van der Waals surface area contributed by atoms with Crippen LogP contribution in [-0.4, -0.2) is 55.2 Å². The Morgan fingerprint density at radius 2 is 1.61 bits per heavy atom. The number of piperidine rings is 1. The molecule has 150 valence electrons. The maximum Gasteiger partial charge on any atom is 0.272 e. The second-order valence-corrected chi connectivity index (χ2v) is 6.58. The molecule has 1 aromatic heterocycles. The highest BCUT2D eigenvalue weighted by Crippen LogP contribution is 2.40. The van der Waals surface area contributed by atoms with E-state index in [1.54, 1.807) is 46.5 Å². The van der Waals surface area contributed by atoms with Gasteiger partial charge in [-0.15, -0.1) is 0 Å². The zero-order chi connectivity index (χ0) is 20.1. The van der Waals surface area contributed by atoms with Gasteiger partial charge >= 0.3 is 0 Å². The lowest BCUT2D eigenvalue weighted by Gasteiger charge is -2.26. The molecular weight excluding hydrogens is 360 g/mol. The molecule has 2 heterocycles. The van der Waals surface area contributed by atoms with Crippen LogP contribution in [0.15, 0.2) is 18.2 Å². The zero-order valence-electron chi connectivity index (χ0n) is 16.7. The van der Waals surface area contributed by atoms with E-state index in [-0.39, 0.29) is 5.91 Å². The van der Waals surface area contributed by atoms with Gasteiger partial charge in [0, 0.05) is 37.0 Å². The van der Waals surface area contributed by atoms with Gasteiger partial charge in [0.1, 0.15) is 17.3 Å². The van der Waals surface area contributed by atoms with Crippen molar-refractivity contribution in [2.45, 2.75) is 26.2 Å². The van der Waals surface area contributed by atoms with Gasteiger partial charge in [0.15, 0.2) is 11.5 Å². The van der Waals surface area contributed by atoms with Crippen LogP contribution in [-0.2, 0) is 0 Å². The molecule has 1 aliphatic rings. The van der Waals surface area contributed by atoms with E-state index >= 15 is 0 Å². The van der Waals surface area contributed by atoms with Gasteiger partial charge in [0.25, 0.3) is 5.91 Å². The molecule has 0 atom stereocenters. The first-order valence-corrected chi connectivity index (χ1v) is 9.27. The number of aromatic nitrogens is 2. The molecule has 8 nitrogen and oxygen atoms in total. The van der Waals surface area contributed by atoms with Crippen molar-refractivity contribution in [2.75, 3.05) is 39.7 Å². The van der Waals surface area contributed by atoms with Gasteiger partial charge in [-0.25, -0.2) is 9.97 Å². The minimum absolute atomic E-state index is 0.0573. The molecule has 1 amide bonds. The summed E-state index contributed by atoms with van der Waals surface area (Å²) >= 11 is 0. The molecular formula is C20H26N4O4. The zero-order valence-corrected chi connectivity index (χ0v) is 16.7. The summed E-state index contributed by atoms with van der Waals surface area (Å²) in [6, 6.07) is 5.24. The Kier molecular flexibility index (Phi) is 6.18. The van der Waals surface area contributed by atoms with E-state index in [0.29, 0.717) is 40.3 Å². The average Bonchev–Trinajstić information content (AvgIpc) is 2.72. The number of methoxy groups -OCH3 is 3. The Morgan fingerprint density at radius 1 is 0.964 bits per heavy atom. The molecule has 8 heteroatoms. The van der Waals surface area contributed by atoms with Crippen LogP contribution in [0.25, 0.3) is 0 Å². The Bertz CT molecular complexity index is 825. The highest BCUT2D eigenvalue weighted by Gasteiger charge is 2.21. The lowest BCUT2D eigenvalue weighted by molar-refractivity contribution is 0.0718. The van der Waals surface area contributed by atoms with Gasteiger partial charge in [-0.3, -0.25) is 4.79 Å². The maximum absolute atomic E-state index is 12.8. The van der Waals surface area contributed by atoms with E-state index in [4.69, 9.17) is 14.2 Å². The predicted octanol–water partition coefficient (Wildman–Crippen LogP) is 3.18. The van der Waals surface area contributed by atoms with Crippen molar-refractivity contribution in [3.8, 4) is 17.2 Å².